The first-order valence-electron chi connectivity index (χ1n) is 7.11. The third kappa shape index (κ3) is 3.06. The van der Waals surface area contributed by atoms with Gasteiger partial charge in [-0.15, -0.1) is 0 Å². The van der Waals surface area contributed by atoms with Crippen LogP contribution in [0.5, 0.6) is 0 Å². The number of piperidine rings is 1. The number of carbonyl (C=O) groups excluding carboxylic acids is 1. The van der Waals surface area contributed by atoms with E-state index < -0.39 is 0 Å². The van der Waals surface area contributed by atoms with E-state index in [1.54, 1.807) is 19.3 Å². The maximum absolute atomic E-state index is 12.5. The van der Waals surface area contributed by atoms with Crippen molar-refractivity contribution in [1.29, 1.82) is 0 Å². The van der Waals surface area contributed by atoms with E-state index in [4.69, 9.17) is 11.6 Å². The lowest BCUT2D eigenvalue weighted by Gasteiger charge is -2.38. The molecular formula is C15H22ClN3O. The highest BCUT2D eigenvalue weighted by Crippen LogP contribution is 2.34. The summed E-state index contributed by atoms with van der Waals surface area (Å²) in [6.45, 7) is 6.15. The summed E-state index contributed by atoms with van der Waals surface area (Å²) >= 11 is 6.08. The molecule has 1 aromatic rings. The van der Waals surface area contributed by atoms with Gasteiger partial charge in [-0.3, -0.25) is 4.79 Å². The van der Waals surface area contributed by atoms with Crippen molar-refractivity contribution < 1.29 is 4.79 Å². The first-order valence-corrected chi connectivity index (χ1v) is 7.49. The second-order valence-corrected chi connectivity index (χ2v) is 6.17. The van der Waals surface area contributed by atoms with Crippen molar-refractivity contribution in [2.75, 3.05) is 25.5 Å². The van der Waals surface area contributed by atoms with Crippen LogP contribution in [-0.2, 0) is 0 Å². The molecule has 0 bridgehead atoms. The highest BCUT2D eigenvalue weighted by atomic mass is 35.5. The van der Waals surface area contributed by atoms with Gasteiger partial charge in [-0.25, -0.2) is 4.98 Å². The zero-order valence-corrected chi connectivity index (χ0v) is 13.1. The summed E-state index contributed by atoms with van der Waals surface area (Å²) in [7, 11) is 1.76. The molecule has 1 amide bonds. The van der Waals surface area contributed by atoms with Crippen LogP contribution in [0.4, 0.5) is 5.82 Å². The third-order valence-corrected chi connectivity index (χ3v) is 4.72. The molecule has 1 aliphatic rings. The van der Waals surface area contributed by atoms with Crippen LogP contribution in [0.25, 0.3) is 0 Å². The summed E-state index contributed by atoms with van der Waals surface area (Å²) in [5.74, 6) is 0.626. The molecule has 0 saturated carbocycles. The van der Waals surface area contributed by atoms with E-state index in [1.807, 2.05) is 4.90 Å². The Kier molecular flexibility index (Phi) is 4.53. The quantitative estimate of drug-likeness (QED) is 0.929. The van der Waals surface area contributed by atoms with Crippen LogP contribution in [-0.4, -0.2) is 35.9 Å². The molecule has 0 aromatic carbocycles. The number of carbonyl (C=O) groups is 1. The topological polar surface area (TPSA) is 45.2 Å². The zero-order valence-electron chi connectivity index (χ0n) is 12.4. The Morgan fingerprint density at radius 2 is 2.15 bits per heavy atom. The van der Waals surface area contributed by atoms with Gasteiger partial charge in [0, 0.05) is 26.3 Å². The van der Waals surface area contributed by atoms with Gasteiger partial charge in [0.1, 0.15) is 5.82 Å². The van der Waals surface area contributed by atoms with E-state index in [0.29, 0.717) is 21.8 Å². The summed E-state index contributed by atoms with van der Waals surface area (Å²) < 4.78 is 0. The molecule has 1 N–H and O–H groups in total. The minimum atomic E-state index is 0.0280. The van der Waals surface area contributed by atoms with E-state index in [-0.39, 0.29) is 5.91 Å². The Morgan fingerprint density at radius 1 is 1.50 bits per heavy atom. The molecule has 0 atom stereocenters. The fourth-order valence-electron chi connectivity index (χ4n) is 2.52. The number of pyridine rings is 1. The molecule has 0 radical (unpaired) electrons. The SMILES string of the molecule is CCC1(C)CCN(C(=O)c2cnc(NC)c(Cl)c2)CC1. The number of amides is 1. The number of hydrogen-bond acceptors (Lipinski definition) is 3. The summed E-state index contributed by atoms with van der Waals surface area (Å²) in [5.41, 5.74) is 0.942. The molecule has 0 unspecified atom stereocenters. The van der Waals surface area contributed by atoms with Crippen molar-refractivity contribution in [3.05, 3.63) is 22.8 Å². The first-order chi connectivity index (χ1) is 9.49. The average molecular weight is 296 g/mol. The van der Waals surface area contributed by atoms with Crippen molar-refractivity contribution in [2.24, 2.45) is 5.41 Å². The highest BCUT2D eigenvalue weighted by Gasteiger charge is 2.30. The smallest absolute Gasteiger partial charge is 0.255 e. The van der Waals surface area contributed by atoms with Crippen molar-refractivity contribution >= 4 is 23.3 Å². The number of halogens is 1. The molecule has 1 fully saturated rings. The number of nitrogens with zero attached hydrogens (tertiary/aromatic N) is 2. The van der Waals surface area contributed by atoms with E-state index in [2.05, 4.69) is 24.1 Å². The predicted octanol–water partition coefficient (Wildman–Crippen LogP) is 3.43. The molecule has 1 saturated heterocycles. The Morgan fingerprint density at radius 3 is 2.65 bits per heavy atom. The number of rotatable bonds is 3. The molecule has 4 nitrogen and oxygen atoms in total. The molecule has 1 aliphatic heterocycles. The van der Waals surface area contributed by atoms with Crippen molar-refractivity contribution in [3.8, 4) is 0 Å². The normalized spacial score (nSPS) is 17.9. The maximum atomic E-state index is 12.5. The first kappa shape index (κ1) is 15.1. The van der Waals surface area contributed by atoms with Gasteiger partial charge in [-0.1, -0.05) is 31.9 Å². The van der Waals surface area contributed by atoms with Gasteiger partial charge in [0.15, 0.2) is 0 Å². The van der Waals surface area contributed by atoms with Crippen LogP contribution in [0.3, 0.4) is 0 Å². The van der Waals surface area contributed by atoms with Crippen LogP contribution >= 0.6 is 11.6 Å². The van der Waals surface area contributed by atoms with Crippen molar-refractivity contribution in [3.63, 3.8) is 0 Å². The lowest BCUT2D eigenvalue weighted by Crippen LogP contribution is -2.42. The standard InChI is InChI=1S/C15H22ClN3O/c1-4-15(2)5-7-19(8-6-15)14(20)11-9-12(16)13(17-3)18-10-11/h9-10H,4-8H2,1-3H3,(H,17,18). The number of hydrogen-bond donors (Lipinski definition) is 1. The van der Waals surface area contributed by atoms with Crippen molar-refractivity contribution in [2.45, 2.75) is 33.1 Å². The van der Waals surface area contributed by atoms with E-state index >= 15 is 0 Å². The number of nitrogens with one attached hydrogen (secondary N) is 1. The van der Waals surface area contributed by atoms with E-state index in [9.17, 15) is 4.79 Å². The minimum Gasteiger partial charge on any atom is -0.372 e. The van der Waals surface area contributed by atoms with E-state index in [0.717, 1.165) is 25.9 Å². The summed E-state index contributed by atoms with van der Waals surface area (Å²) in [6.07, 6.45) is 4.88. The Hall–Kier alpha value is -1.29. The van der Waals surface area contributed by atoms with Crippen LogP contribution in [0, 0.1) is 5.41 Å². The van der Waals surface area contributed by atoms with Gasteiger partial charge < -0.3 is 10.2 Å². The molecule has 2 heterocycles. The second-order valence-electron chi connectivity index (χ2n) is 5.76. The molecule has 0 spiro atoms. The zero-order chi connectivity index (χ0) is 14.8. The monoisotopic (exact) mass is 295 g/mol. The summed E-state index contributed by atoms with van der Waals surface area (Å²) in [5, 5.41) is 3.37. The predicted molar refractivity (Wildman–Crippen MR) is 82.3 cm³/mol. The molecular weight excluding hydrogens is 274 g/mol. The second kappa shape index (κ2) is 6.00. The lowest BCUT2D eigenvalue weighted by molar-refractivity contribution is 0.0600. The fraction of sp³-hybridized carbons (Fsp3) is 0.600. The Labute approximate surface area is 125 Å². The average Bonchev–Trinajstić information content (AvgIpc) is 2.47. The van der Waals surface area contributed by atoms with Gasteiger partial charge in [0.25, 0.3) is 5.91 Å². The van der Waals surface area contributed by atoms with Crippen LogP contribution < -0.4 is 5.32 Å². The third-order valence-electron chi connectivity index (χ3n) is 4.44. The Balaban J connectivity index is 2.07. The molecule has 5 heteroatoms. The van der Waals surface area contributed by atoms with Gasteiger partial charge in [-0.05, 0) is 24.3 Å². The van der Waals surface area contributed by atoms with Gasteiger partial charge in [0.05, 0.1) is 10.6 Å². The number of anilines is 1. The van der Waals surface area contributed by atoms with Crippen molar-refractivity contribution in [1.82, 2.24) is 9.88 Å². The number of likely N-dealkylation sites (tertiary alicyclic amines) is 1. The van der Waals surface area contributed by atoms with Gasteiger partial charge >= 0.3 is 0 Å². The molecule has 20 heavy (non-hydrogen) atoms. The lowest BCUT2D eigenvalue weighted by atomic mass is 9.78. The fourth-order valence-corrected chi connectivity index (χ4v) is 2.79. The largest absolute Gasteiger partial charge is 0.372 e. The van der Waals surface area contributed by atoms with Gasteiger partial charge in [-0.2, -0.15) is 0 Å². The number of aromatic nitrogens is 1. The highest BCUT2D eigenvalue weighted by molar-refractivity contribution is 6.33. The van der Waals surface area contributed by atoms with Crippen LogP contribution in [0.1, 0.15) is 43.5 Å². The minimum absolute atomic E-state index is 0.0280. The summed E-state index contributed by atoms with van der Waals surface area (Å²) in [6, 6.07) is 1.69. The summed E-state index contributed by atoms with van der Waals surface area (Å²) in [4.78, 5) is 18.5. The van der Waals surface area contributed by atoms with E-state index in [1.165, 1.54) is 6.42 Å². The van der Waals surface area contributed by atoms with Crippen LogP contribution in [0.2, 0.25) is 5.02 Å². The van der Waals surface area contributed by atoms with Crippen LogP contribution in [0.15, 0.2) is 12.3 Å². The molecule has 2 rings (SSSR count). The molecule has 110 valence electrons. The molecule has 0 aliphatic carbocycles. The van der Waals surface area contributed by atoms with Gasteiger partial charge in [0.2, 0.25) is 0 Å². The Bertz CT molecular complexity index is 496. The maximum Gasteiger partial charge on any atom is 0.255 e. The molecule has 1 aromatic heterocycles.